The van der Waals surface area contributed by atoms with Crippen molar-refractivity contribution in [2.24, 2.45) is 0 Å². The summed E-state index contributed by atoms with van der Waals surface area (Å²) in [6, 6.07) is 19.4. The second-order valence-corrected chi connectivity index (χ2v) is 5.17. The number of hydrogen-bond acceptors (Lipinski definition) is 0. The normalized spacial score (nSPS) is 11.4. The van der Waals surface area contributed by atoms with E-state index in [-0.39, 0.29) is 0 Å². The summed E-state index contributed by atoms with van der Waals surface area (Å²) in [5.41, 5.74) is 3.76. The average Bonchev–Trinajstić information content (AvgIpc) is 2.86. The van der Waals surface area contributed by atoms with Crippen LogP contribution in [0.4, 0.5) is 0 Å². The van der Waals surface area contributed by atoms with Crippen LogP contribution in [0.15, 0.2) is 67.3 Å². The predicted octanol–water partition coefficient (Wildman–Crippen LogP) is 5.20. The summed E-state index contributed by atoms with van der Waals surface area (Å²) >= 11 is 0. The van der Waals surface area contributed by atoms with E-state index in [9.17, 15) is 0 Å². The van der Waals surface area contributed by atoms with Crippen LogP contribution in [0, 0.1) is 0 Å². The van der Waals surface area contributed by atoms with E-state index < -0.39 is 0 Å². The molecule has 0 aliphatic carbocycles. The molecule has 96 valence electrons. The van der Waals surface area contributed by atoms with Gasteiger partial charge in [0.1, 0.15) is 0 Å². The van der Waals surface area contributed by atoms with Crippen molar-refractivity contribution in [1.29, 1.82) is 0 Å². The Hall–Kier alpha value is -2.54. The highest BCUT2D eigenvalue weighted by Gasteiger charge is 2.09. The van der Waals surface area contributed by atoms with Crippen LogP contribution < -0.4 is 0 Å². The molecule has 0 saturated carbocycles. The Balaban J connectivity index is 2.24. The number of benzene rings is 3. The molecular formula is C19H15N. The SMILES string of the molecule is C=CCc1cccc2ccc3c4ccccc4[nH]c3c12. The lowest BCUT2D eigenvalue weighted by Crippen LogP contribution is -1.85. The van der Waals surface area contributed by atoms with Crippen molar-refractivity contribution in [3.8, 4) is 0 Å². The molecule has 1 heteroatoms. The molecule has 1 aromatic heterocycles. The third kappa shape index (κ3) is 1.50. The Labute approximate surface area is 117 Å². The number of hydrogen-bond donors (Lipinski definition) is 1. The van der Waals surface area contributed by atoms with E-state index in [0.29, 0.717) is 0 Å². The van der Waals surface area contributed by atoms with E-state index in [0.717, 1.165) is 6.42 Å². The molecule has 4 aromatic rings. The minimum atomic E-state index is 0.895. The Kier molecular flexibility index (Phi) is 2.40. The first-order valence-corrected chi connectivity index (χ1v) is 6.90. The highest BCUT2D eigenvalue weighted by molar-refractivity contribution is 6.17. The lowest BCUT2D eigenvalue weighted by Gasteiger charge is -2.06. The number of aromatic amines is 1. The fraction of sp³-hybridized carbons (Fsp3) is 0.0526. The molecule has 4 rings (SSSR count). The zero-order chi connectivity index (χ0) is 13.5. The van der Waals surface area contributed by atoms with Gasteiger partial charge in [-0.15, -0.1) is 6.58 Å². The van der Waals surface area contributed by atoms with E-state index in [4.69, 9.17) is 0 Å². The summed E-state index contributed by atoms with van der Waals surface area (Å²) in [4.78, 5) is 3.59. The molecule has 0 aliphatic rings. The fourth-order valence-corrected chi connectivity index (χ4v) is 3.10. The summed E-state index contributed by atoms with van der Waals surface area (Å²) in [5, 5.41) is 5.19. The maximum atomic E-state index is 3.88. The Morgan fingerprint density at radius 3 is 2.70 bits per heavy atom. The van der Waals surface area contributed by atoms with Crippen molar-refractivity contribution in [3.05, 3.63) is 72.8 Å². The molecule has 0 radical (unpaired) electrons. The number of allylic oxidation sites excluding steroid dienone is 1. The lowest BCUT2D eigenvalue weighted by atomic mass is 9.99. The van der Waals surface area contributed by atoms with Gasteiger partial charge in [-0.3, -0.25) is 0 Å². The van der Waals surface area contributed by atoms with Crippen LogP contribution in [-0.2, 0) is 6.42 Å². The first kappa shape index (κ1) is 11.3. The van der Waals surface area contributed by atoms with Gasteiger partial charge < -0.3 is 4.98 Å². The third-order valence-electron chi connectivity index (χ3n) is 3.97. The third-order valence-corrected chi connectivity index (χ3v) is 3.97. The molecule has 1 nitrogen and oxygen atoms in total. The van der Waals surface area contributed by atoms with Crippen molar-refractivity contribution in [3.63, 3.8) is 0 Å². The first-order chi connectivity index (χ1) is 9.88. The van der Waals surface area contributed by atoms with Gasteiger partial charge in [0.05, 0.1) is 5.52 Å². The highest BCUT2D eigenvalue weighted by Crippen LogP contribution is 2.33. The van der Waals surface area contributed by atoms with Crippen molar-refractivity contribution >= 4 is 32.6 Å². The van der Waals surface area contributed by atoms with Crippen LogP contribution in [0.3, 0.4) is 0 Å². The Bertz CT molecular complexity index is 944. The van der Waals surface area contributed by atoms with E-state index in [1.807, 2.05) is 6.08 Å². The minimum absolute atomic E-state index is 0.895. The molecule has 0 fully saturated rings. The van der Waals surface area contributed by atoms with E-state index >= 15 is 0 Å². The molecule has 0 atom stereocenters. The number of rotatable bonds is 2. The van der Waals surface area contributed by atoms with Crippen LogP contribution in [0.5, 0.6) is 0 Å². The van der Waals surface area contributed by atoms with Crippen molar-refractivity contribution in [2.45, 2.75) is 6.42 Å². The molecule has 0 unspecified atom stereocenters. The van der Waals surface area contributed by atoms with Crippen molar-refractivity contribution in [1.82, 2.24) is 4.98 Å². The van der Waals surface area contributed by atoms with Gasteiger partial charge in [-0.25, -0.2) is 0 Å². The molecule has 3 aromatic carbocycles. The van der Waals surface area contributed by atoms with E-state index in [2.05, 4.69) is 66.2 Å². The first-order valence-electron chi connectivity index (χ1n) is 6.90. The minimum Gasteiger partial charge on any atom is -0.354 e. The molecule has 0 bridgehead atoms. The van der Waals surface area contributed by atoms with Gasteiger partial charge in [0.15, 0.2) is 0 Å². The average molecular weight is 257 g/mol. The molecule has 0 saturated heterocycles. The second kappa shape index (κ2) is 4.24. The van der Waals surface area contributed by atoms with Crippen molar-refractivity contribution < 1.29 is 0 Å². The van der Waals surface area contributed by atoms with Gasteiger partial charge in [-0.1, -0.05) is 54.6 Å². The number of H-pyrrole nitrogens is 1. The molecular weight excluding hydrogens is 242 g/mol. The zero-order valence-electron chi connectivity index (χ0n) is 11.2. The maximum Gasteiger partial charge on any atom is 0.0547 e. The summed E-state index contributed by atoms with van der Waals surface area (Å²) in [6.07, 6.45) is 2.86. The van der Waals surface area contributed by atoms with E-state index in [1.54, 1.807) is 0 Å². The topological polar surface area (TPSA) is 15.8 Å². The Morgan fingerprint density at radius 2 is 1.80 bits per heavy atom. The molecule has 0 aliphatic heterocycles. The second-order valence-electron chi connectivity index (χ2n) is 5.17. The van der Waals surface area contributed by atoms with Gasteiger partial charge in [0, 0.05) is 21.7 Å². The van der Waals surface area contributed by atoms with Crippen LogP contribution >= 0.6 is 0 Å². The van der Waals surface area contributed by atoms with Crippen LogP contribution in [0.1, 0.15) is 5.56 Å². The monoisotopic (exact) mass is 257 g/mol. The summed E-state index contributed by atoms with van der Waals surface area (Å²) in [7, 11) is 0. The number of para-hydroxylation sites is 1. The summed E-state index contributed by atoms with van der Waals surface area (Å²) in [5.74, 6) is 0. The van der Waals surface area contributed by atoms with Gasteiger partial charge in [-0.05, 0) is 23.4 Å². The summed E-state index contributed by atoms with van der Waals surface area (Å²) in [6.45, 7) is 3.88. The maximum absolute atomic E-state index is 3.88. The number of aromatic nitrogens is 1. The zero-order valence-corrected chi connectivity index (χ0v) is 11.2. The van der Waals surface area contributed by atoms with Crippen LogP contribution in [-0.4, -0.2) is 4.98 Å². The van der Waals surface area contributed by atoms with Gasteiger partial charge in [0.2, 0.25) is 0 Å². The standard InChI is InChI=1S/C19H15N/c1-2-6-13-7-5-8-14-11-12-16-15-9-3-4-10-17(15)20-19(16)18(13)14/h2-5,7-12,20H,1,6H2. The predicted molar refractivity (Wildman–Crippen MR) is 87.2 cm³/mol. The Morgan fingerprint density at radius 1 is 0.900 bits per heavy atom. The van der Waals surface area contributed by atoms with Gasteiger partial charge >= 0.3 is 0 Å². The molecule has 20 heavy (non-hydrogen) atoms. The molecule has 1 N–H and O–H groups in total. The number of fused-ring (bicyclic) bond motifs is 5. The highest BCUT2D eigenvalue weighted by atomic mass is 14.7. The van der Waals surface area contributed by atoms with Gasteiger partial charge in [0.25, 0.3) is 0 Å². The fourth-order valence-electron chi connectivity index (χ4n) is 3.10. The lowest BCUT2D eigenvalue weighted by molar-refractivity contribution is 1.31. The smallest absolute Gasteiger partial charge is 0.0547 e. The molecule has 0 spiro atoms. The molecule has 0 amide bonds. The largest absolute Gasteiger partial charge is 0.354 e. The molecule has 1 heterocycles. The van der Waals surface area contributed by atoms with Crippen LogP contribution in [0.2, 0.25) is 0 Å². The van der Waals surface area contributed by atoms with Gasteiger partial charge in [-0.2, -0.15) is 0 Å². The summed E-state index contributed by atoms with van der Waals surface area (Å²) < 4.78 is 0. The quantitative estimate of drug-likeness (QED) is 0.475. The van der Waals surface area contributed by atoms with E-state index in [1.165, 1.54) is 38.1 Å². The van der Waals surface area contributed by atoms with Crippen molar-refractivity contribution in [2.75, 3.05) is 0 Å². The van der Waals surface area contributed by atoms with Crippen LogP contribution in [0.25, 0.3) is 32.6 Å². The number of nitrogens with one attached hydrogen (secondary N) is 1.